The maximum absolute atomic E-state index is 12.6. The molecule has 1 heterocycles. The molecule has 0 aliphatic heterocycles. The molecule has 3 nitrogen and oxygen atoms in total. The molecule has 0 atom stereocenters. The van der Waals surface area contributed by atoms with Crippen LogP contribution in [0.5, 0.6) is 0 Å². The summed E-state index contributed by atoms with van der Waals surface area (Å²) in [4.78, 5) is 17.3. The Bertz CT molecular complexity index is 651. The van der Waals surface area contributed by atoms with Gasteiger partial charge in [-0.15, -0.1) is 0 Å². The molecule has 0 unspecified atom stereocenters. The van der Waals surface area contributed by atoms with Gasteiger partial charge in [-0.2, -0.15) is 0 Å². The fourth-order valence-electron chi connectivity index (χ4n) is 2.21. The van der Waals surface area contributed by atoms with Crippen molar-refractivity contribution in [1.29, 1.82) is 0 Å². The van der Waals surface area contributed by atoms with Crippen molar-refractivity contribution in [3.63, 3.8) is 0 Å². The van der Waals surface area contributed by atoms with Gasteiger partial charge in [0.1, 0.15) is 0 Å². The molecule has 0 aromatic carbocycles. The van der Waals surface area contributed by atoms with Gasteiger partial charge in [-0.05, 0) is 0 Å². The molecule has 20 heavy (non-hydrogen) atoms. The Morgan fingerprint density at radius 3 is 2.65 bits per heavy atom. The second-order valence-corrected chi connectivity index (χ2v) is 6.66. The van der Waals surface area contributed by atoms with Crippen molar-refractivity contribution in [2.45, 2.75) is 40.0 Å². The predicted molar refractivity (Wildman–Crippen MR) is 79.6 cm³/mol. The summed E-state index contributed by atoms with van der Waals surface area (Å²) in [6, 6.07) is 0. The zero-order valence-electron chi connectivity index (χ0n) is 12.3. The number of rotatable bonds is 5. The fourth-order valence-corrected chi connectivity index (χ4v) is 2.87. The fraction of sp³-hybridized carbons (Fsp3) is 0.438. The zero-order chi connectivity index (χ0) is 14.9. The average molecular weight is 440 g/mol. The molecule has 0 spiro atoms. The first kappa shape index (κ1) is 15.3. The Hall–Kier alpha value is -1.08. The Balaban J connectivity index is 2.65. The number of hydrogen-bond acceptors (Lipinski definition) is 2. The van der Waals surface area contributed by atoms with E-state index in [0.717, 1.165) is 29.2 Å². The molecule has 0 radical (unpaired) electrons. The standard InChI is InChI=1S/C16H20N2O.W/c1-6-7-11(2)18-14(10-16(5)8-9-16)17-13(4)12(3)15(18)19;/h2,6-7H,1,8-10H2,3-5H3;/b11-7+;. The first-order chi connectivity index (χ1) is 9.41. The van der Waals surface area contributed by atoms with Gasteiger partial charge >= 0.3 is 131 Å². The van der Waals surface area contributed by atoms with Crippen molar-refractivity contribution >= 4 is 10.1 Å². The minimum atomic E-state index is 0.0438. The molecule has 0 N–H and O–H groups in total. The quantitative estimate of drug-likeness (QED) is 0.661. The third-order valence-electron chi connectivity index (χ3n) is 3.98. The topological polar surface area (TPSA) is 34.9 Å². The average Bonchev–Trinajstić information content (AvgIpc) is 3.12. The summed E-state index contributed by atoms with van der Waals surface area (Å²) in [7, 11) is 0. The van der Waals surface area contributed by atoms with Gasteiger partial charge in [0.15, 0.2) is 0 Å². The van der Waals surface area contributed by atoms with E-state index in [1.807, 2.05) is 24.3 Å². The van der Waals surface area contributed by atoms with Crippen LogP contribution < -0.4 is 5.56 Å². The summed E-state index contributed by atoms with van der Waals surface area (Å²) in [5, 5.41) is 0. The van der Waals surface area contributed by atoms with Crippen LogP contribution in [0.1, 0.15) is 36.8 Å². The van der Waals surface area contributed by atoms with Gasteiger partial charge in [0.05, 0.1) is 0 Å². The van der Waals surface area contributed by atoms with Crippen LogP contribution in [0.2, 0.25) is 0 Å². The van der Waals surface area contributed by atoms with Gasteiger partial charge in [-0.25, -0.2) is 0 Å². The van der Waals surface area contributed by atoms with Crippen molar-refractivity contribution in [3.8, 4) is 0 Å². The molecule has 1 aromatic rings. The van der Waals surface area contributed by atoms with Gasteiger partial charge in [-0.3, -0.25) is 0 Å². The second-order valence-electron chi connectivity index (χ2n) is 5.81. The molecule has 4 heteroatoms. The first-order valence-electron chi connectivity index (χ1n) is 6.79. The maximum atomic E-state index is 12.6. The van der Waals surface area contributed by atoms with E-state index < -0.39 is 0 Å². The Labute approximate surface area is 130 Å². The van der Waals surface area contributed by atoms with E-state index in [4.69, 9.17) is 0 Å². The summed E-state index contributed by atoms with van der Waals surface area (Å²) in [5.74, 6) is 0.878. The Morgan fingerprint density at radius 2 is 2.15 bits per heavy atom. The molecule has 1 saturated carbocycles. The van der Waals surface area contributed by atoms with E-state index in [1.54, 1.807) is 10.6 Å². The molecule has 1 aromatic heterocycles. The van der Waals surface area contributed by atoms with Crippen molar-refractivity contribution in [1.82, 2.24) is 9.55 Å². The van der Waals surface area contributed by atoms with E-state index in [-0.39, 0.29) is 5.56 Å². The summed E-state index contributed by atoms with van der Waals surface area (Å²) in [5.41, 5.74) is 2.81. The first-order valence-corrected chi connectivity index (χ1v) is 8.48. The van der Waals surface area contributed by atoms with E-state index in [0.29, 0.717) is 5.41 Å². The van der Waals surface area contributed by atoms with Crippen LogP contribution in [0, 0.1) is 19.3 Å². The molecular formula is C16H20N2OW. The van der Waals surface area contributed by atoms with Crippen molar-refractivity contribution < 1.29 is 19.4 Å². The van der Waals surface area contributed by atoms with Crippen LogP contribution in [-0.2, 0) is 25.8 Å². The SMILES string of the molecule is C=C/C=C(\[CH]=[W])n1c(CC2(C)CC2)nc(C)c(C)c1=O. The van der Waals surface area contributed by atoms with Crippen molar-refractivity contribution in [2.24, 2.45) is 5.41 Å². The molecule has 0 saturated heterocycles. The number of aryl methyl sites for hydroxylation is 1. The molecule has 2 rings (SSSR count). The van der Waals surface area contributed by atoms with Crippen LogP contribution >= 0.6 is 0 Å². The van der Waals surface area contributed by atoms with Gasteiger partial charge in [0, 0.05) is 0 Å². The Morgan fingerprint density at radius 1 is 1.50 bits per heavy atom. The molecule has 106 valence electrons. The molecule has 1 aliphatic carbocycles. The summed E-state index contributed by atoms with van der Waals surface area (Å²) >= 11 is 1.31. The minimum absolute atomic E-state index is 0.0438. The predicted octanol–water partition coefficient (Wildman–Crippen LogP) is 2.58. The van der Waals surface area contributed by atoms with Crippen LogP contribution in [0.3, 0.4) is 0 Å². The Kier molecular flexibility index (Phi) is 4.39. The van der Waals surface area contributed by atoms with E-state index in [2.05, 4.69) is 18.5 Å². The van der Waals surface area contributed by atoms with Gasteiger partial charge < -0.3 is 0 Å². The number of nitrogens with zero attached hydrogens (tertiary/aromatic N) is 2. The second kappa shape index (κ2) is 5.73. The monoisotopic (exact) mass is 440 g/mol. The third-order valence-corrected chi connectivity index (χ3v) is 4.85. The molecular weight excluding hydrogens is 420 g/mol. The van der Waals surface area contributed by atoms with E-state index >= 15 is 0 Å². The van der Waals surface area contributed by atoms with E-state index in [1.165, 1.54) is 32.2 Å². The molecule has 0 amide bonds. The van der Waals surface area contributed by atoms with Crippen molar-refractivity contribution in [3.05, 3.63) is 46.2 Å². The van der Waals surface area contributed by atoms with Crippen LogP contribution in [-0.4, -0.2) is 14.0 Å². The number of allylic oxidation sites excluding steroid dienone is 3. The third kappa shape index (κ3) is 2.98. The summed E-state index contributed by atoms with van der Waals surface area (Å²) < 4.78 is 3.78. The van der Waals surface area contributed by atoms with Crippen LogP contribution in [0.25, 0.3) is 5.70 Å². The zero-order valence-corrected chi connectivity index (χ0v) is 15.2. The van der Waals surface area contributed by atoms with Crippen molar-refractivity contribution in [2.75, 3.05) is 0 Å². The van der Waals surface area contributed by atoms with E-state index in [9.17, 15) is 4.79 Å². The van der Waals surface area contributed by atoms with Crippen LogP contribution in [0.4, 0.5) is 0 Å². The van der Waals surface area contributed by atoms with Gasteiger partial charge in [0.25, 0.3) is 0 Å². The number of aromatic nitrogens is 2. The molecule has 0 bridgehead atoms. The van der Waals surface area contributed by atoms with Crippen LogP contribution in [0.15, 0.2) is 23.5 Å². The summed E-state index contributed by atoms with van der Waals surface area (Å²) in [6.07, 6.45) is 6.90. The van der Waals surface area contributed by atoms with Gasteiger partial charge in [0.2, 0.25) is 0 Å². The molecule has 1 aliphatic rings. The normalized spacial score (nSPS) is 16.9. The molecule has 1 fully saturated rings. The summed E-state index contributed by atoms with van der Waals surface area (Å²) in [6.45, 7) is 9.76. The van der Waals surface area contributed by atoms with Gasteiger partial charge in [-0.1, -0.05) is 0 Å². The number of hydrogen-bond donors (Lipinski definition) is 0.